The molecule has 0 unspecified atom stereocenters. The number of aromatic nitrogens is 1. The molecule has 148 valence electrons. The first-order chi connectivity index (χ1) is 14.2. The van der Waals surface area contributed by atoms with E-state index in [2.05, 4.69) is 27.8 Å². The summed E-state index contributed by atoms with van der Waals surface area (Å²) in [5.41, 5.74) is 2.05. The van der Waals surface area contributed by atoms with Crippen molar-refractivity contribution in [3.05, 3.63) is 80.6 Å². The van der Waals surface area contributed by atoms with Gasteiger partial charge in [0.25, 0.3) is 0 Å². The van der Waals surface area contributed by atoms with E-state index >= 15 is 0 Å². The fraction of sp³-hybridized carbons (Fsp3) is 0.182. The predicted molar refractivity (Wildman–Crippen MR) is 120 cm³/mol. The molecule has 0 aliphatic heterocycles. The molecule has 0 aliphatic carbocycles. The van der Waals surface area contributed by atoms with Crippen LogP contribution in [-0.4, -0.2) is 17.4 Å². The molecule has 7 heteroatoms. The van der Waals surface area contributed by atoms with Crippen molar-refractivity contribution in [1.82, 2.24) is 10.3 Å². The topological polar surface area (TPSA) is 51.2 Å². The molecule has 4 rings (SSSR count). The van der Waals surface area contributed by atoms with Gasteiger partial charge in [-0.3, -0.25) is 4.79 Å². The highest BCUT2D eigenvalue weighted by atomic mass is 35.5. The summed E-state index contributed by atoms with van der Waals surface area (Å²) < 4.78 is 6.98. The minimum atomic E-state index is -0.0139. The maximum Gasteiger partial charge on any atom is 0.226 e. The number of carbonyl (C=O) groups is 1. The Bertz CT molecular complexity index is 1110. The van der Waals surface area contributed by atoms with E-state index in [4.69, 9.17) is 16.3 Å². The molecule has 0 radical (unpaired) electrons. The van der Waals surface area contributed by atoms with Crippen LogP contribution in [0.15, 0.2) is 59.3 Å². The molecule has 0 atom stereocenters. The fourth-order valence-corrected chi connectivity index (χ4v) is 4.79. The lowest BCUT2D eigenvalue weighted by Gasteiger charge is -2.04. The van der Waals surface area contributed by atoms with E-state index in [0.29, 0.717) is 18.2 Å². The fourth-order valence-electron chi connectivity index (χ4n) is 2.96. The number of carbonyl (C=O) groups excluding carboxylic acids is 1. The average Bonchev–Trinajstić information content (AvgIpc) is 3.35. The summed E-state index contributed by atoms with van der Waals surface area (Å²) in [5.74, 6) is 0.727. The number of hydrogen-bond acceptors (Lipinski definition) is 5. The predicted octanol–water partition coefficient (Wildman–Crippen LogP) is 5.49. The molecule has 0 saturated heterocycles. The second kappa shape index (κ2) is 9.39. The summed E-state index contributed by atoms with van der Waals surface area (Å²) in [7, 11) is 0. The zero-order valence-corrected chi connectivity index (χ0v) is 17.9. The van der Waals surface area contributed by atoms with Crippen molar-refractivity contribution in [2.75, 3.05) is 6.54 Å². The first-order valence-electron chi connectivity index (χ1n) is 9.21. The van der Waals surface area contributed by atoms with Gasteiger partial charge in [0.1, 0.15) is 17.4 Å². The summed E-state index contributed by atoms with van der Waals surface area (Å²) in [5, 5.41) is 9.86. The molecular weight excluding hydrogens is 424 g/mol. The third kappa shape index (κ3) is 5.35. The van der Waals surface area contributed by atoms with E-state index in [1.165, 1.54) is 27.0 Å². The molecule has 29 heavy (non-hydrogen) atoms. The Morgan fingerprint density at radius 3 is 2.76 bits per heavy atom. The maximum atomic E-state index is 12.2. The van der Waals surface area contributed by atoms with Gasteiger partial charge in [0.2, 0.25) is 5.91 Å². The molecule has 1 N–H and O–H groups in total. The highest BCUT2D eigenvalue weighted by molar-refractivity contribution is 7.17. The number of hydrogen-bond donors (Lipinski definition) is 1. The number of benzene rings is 2. The Balaban J connectivity index is 1.23. The van der Waals surface area contributed by atoms with Crippen LogP contribution in [0.1, 0.15) is 16.3 Å². The minimum Gasteiger partial charge on any atom is -0.486 e. The van der Waals surface area contributed by atoms with Gasteiger partial charge in [-0.2, -0.15) is 0 Å². The summed E-state index contributed by atoms with van der Waals surface area (Å²) >= 11 is 9.11. The number of rotatable bonds is 8. The molecule has 4 nitrogen and oxygen atoms in total. The maximum absolute atomic E-state index is 12.2. The molecule has 2 heterocycles. The quantitative estimate of drug-likeness (QED) is 0.392. The van der Waals surface area contributed by atoms with Crippen LogP contribution in [-0.2, 0) is 24.2 Å². The molecule has 0 fully saturated rings. The van der Waals surface area contributed by atoms with Gasteiger partial charge in [0.05, 0.1) is 12.1 Å². The van der Waals surface area contributed by atoms with Gasteiger partial charge in [-0.25, -0.2) is 4.98 Å². The molecule has 2 aromatic heterocycles. The van der Waals surface area contributed by atoms with Gasteiger partial charge >= 0.3 is 0 Å². The Morgan fingerprint density at radius 1 is 1.07 bits per heavy atom. The van der Waals surface area contributed by atoms with E-state index in [-0.39, 0.29) is 12.3 Å². The number of amides is 1. The summed E-state index contributed by atoms with van der Waals surface area (Å²) in [4.78, 5) is 16.7. The van der Waals surface area contributed by atoms with Gasteiger partial charge < -0.3 is 10.1 Å². The summed E-state index contributed by atoms with van der Waals surface area (Å²) in [6.07, 6.45) is 1.11. The van der Waals surface area contributed by atoms with E-state index in [1.54, 1.807) is 23.5 Å². The molecule has 2 aromatic carbocycles. The van der Waals surface area contributed by atoms with Crippen molar-refractivity contribution >= 4 is 50.3 Å². The Kier molecular flexibility index (Phi) is 6.44. The Hall–Kier alpha value is -2.41. The number of fused-ring (bicyclic) bond motifs is 1. The normalized spacial score (nSPS) is 10.9. The van der Waals surface area contributed by atoms with Gasteiger partial charge in [0.15, 0.2) is 0 Å². The van der Waals surface area contributed by atoms with Crippen LogP contribution in [0.3, 0.4) is 0 Å². The van der Waals surface area contributed by atoms with Crippen LogP contribution in [0, 0.1) is 0 Å². The number of halogens is 1. The standard InChI is InChI=1S/C22H19ClN2O2S2/c23-16-5-7-18(8-6-16)27-12-22-25-17(14-29-22)11-21(26)24-10-9-15-13-28-20-4-2-1-3-19(15)20/h1-8,13-14H,9-12H2,(H,24,26). The highest BCUT2D eigenvalue weighted by Crippen LogP contribution is 2.25. The van der Waals surface area contributed by atoms with Gasteiger partial charge in [-0.1, -0.05) is 29.8 Å². The van der Waals surface area contributed by atoms with Crippen LogP contribution in [0.25, 0.3) is 10.1 Å². The smallest absolute Gasteiger partial charge is 0.226 e. The second-order valence-corrected chi connectivity index (χ2v) is 8.80. The van der Waals surface area contributed by atoms with E-state index in [9.17, 15) is 4.79 Å². The summed E-state index contributed by atoms with van der Waals surface area (Å²) in [6.45, 7) is 0.995. The zero-order valence-electron chi connectivity index (χ0n) is 15.6. The van der Waals surface area contributed by atoms with Crippen LogP contribution in [0.5, 0.6) is 5.75 Å². The lowest BCUT2D eigenvalue weighted by molar-refractivity contribution is -0.120. The number of nitrogens with one attached hydrogen (secondary N) is 1. The largest absolute Gasteiger partial charge is 0.486 e. The number of thiophene rings is 1. The lowest BCUT2D eigenvalue weighted by Crippen LogP contribution is -2.27. The van der Waals surface area contributed by atoms with Crippen LogP contribution >= 0.6 is 34.3 Å². The van der Waals surface area contributed by atoms with Gasteiger partial charge in [0, 0.05) is 21.6 Å². The third-order valence-corrected chi connectivity index (χ3v) is 6.53. The van der Waals surface area contributed by atoms with E-state index < -0.39 is 0 Å². The molecule has 0 bridgehead atoms. The molecule has 0 saturated carbocycles. The van der Waals surface area contributed by atoms with Crippen molar-refractivity contribution in [3.63, 3.8) is 0 Å². The summed E-state index contributed by atoms with van der Waals surface area (Å²) in [6, 6.07) is 15.6. The van der Waals surface area contributed by atoms with Gasteiger partial charge in [-0.15, -0.1) is 22.7 Å². The first kappa shape index (κ1) is 19.9. The number of ether oxygens (including phenoxy) is 1. The molecule has 0 aliphatic rings. The lowest BCUT2D eigenvalue weighted by atomic mass is 10.1. The Morgan fingerprint density at radius 2 is 1.90 bits per heavy atom. The van der Waals surface area contributed by atoms with Crippen molar-refractivity contribution in [2.24, 2.45) is 0 Å². The van der Waals surface area contributed by atoms with Gasteiger partial charge in [-0.05, 0) is 53.1 Å². The highest BCUT2D eigenvalue weighted by Gasteiger charge is 2.09. The molecule has 4 aromatic rings. The van der Waals surface area contributed by atoms with Crippen LogP contribution in [0.2, 0.25) is 5.02 Å². The monoisotopic (exact) mass is 442 g/mol. The average molecular weight is 443 g/mol. The Labute approximate surface area is 182 Å². The molecular formula is C22H19ClN2O2S2. The zero-order chi connectivity index (χ0) is 20.1. The SMILES string of the molecule is O=C(Cc1csc(COc2ccc(Cl)cc2)n1)NCCc1csc2ccccc12. The molecule has 0 spiro atoms. The third-order valence-electron chi connectivity index (χ3n) is 4.39. The van der Waals surface area contributed by atoms with Crippen molar-refractivity contribution in [3.8, 4) is 5.75 Å². The van der Waals surface area contributed by atoms with Crippen molar-refractivity contribution in [1.29, 1.82) is 0 Å². The van der Waals surface area contributed by atoms with Crippen LogP contribution < -0.4 is 10.1 Å². The number of thiazole rings is 1. The first-order valence-corrected chi connectivity index (χ1v) is 11.3. The van der Waals surface area contributed by atoms with Crippen LogP contribution in [0.4, 0.5) is 0 Å². The minimum absolute atomic E-state index is 0.0139. The van der Waals surface area contributed by atoms with Crippen molar-refractivity contribution < 1.29 is 9.53 Å². The van der Waals surface area contributed by atoms with E-state index in [1.807, 2.05) is 29.6 Å². The molecule has 1 amide bonds. The van der Waals surface area contributed by atoms with E-state index in [0.717, 1.165) is 22.9 Å². The second-order valence-electron chi connectivity index (χ2n) is 6.51. The van der Waals surface area contributed by atoms with Crippen molar-refractivity contribution in [2.45, 2.75) is 19.4 Å². The number of nitrogens with zero attached hydrogens (tertiary/aromatic N) is 1.